The summed E-state index contributed by atoms with van der Waals surface area (Å²) in [6, 6.07) is 12.5. The molecule has 9 heteroatoms. The van der Waals surface area contributed by atoms with Crippen LogP contribution < -0.4 is 15.5 Å². The molecule has 0 unspecified atom stereocenters. The van der Waals surface area contributed by atoms with Crippen molar-refractivity contribution in [2.75, 3.05) is 36.4 Å². The zero-order valence-electron chi connectivity index (χ0n) is 15.7. The molecule has 1 saturated heterocycles. The second-order valence-corrected chi connectivity index (χ2v) is 8.28. The SMILES string of the molecule is CC(=O)N1CCN(c2c(Cl)cccc2NC(=S)NC(=O)c2cccc(Br)c2)CC1. The number of thiocarbonyl (C=S) groups is 1. The van der Waals surface area contributed by atoms with Gasteiger partial charge in [0.1, 0.15) is 0 Å². The van der Waals surface area contributed by atoms with Gasteiger partial charge in [0.2, 0.25) is 5.91 Å². The first-order valence-electron chi connectivity index (χ1n) is 9.02. The van der Waals surface area contributed by atoms with Crippen LogP contribution in [0.2, 0.25) is 5.02 Å². The van der Waals surface area contributed by atoms with Crippen LogP contribution in [0.3, 0.4) is 0 Å². The molecule has 2 amide bonds. The number of amides is 2. The summed E-state index contributed by atoms with van der Waals surface area (Å²) in [4.78, 5) is 27.9. The summed E-state index contributed by atoms with van der Waals surface area (Å²) in [5, 5.41) is 6.53. The van der Waals surface area contributed by atoms with E-state index < -0.39 is 0 Å². The molecule has 1 aliphatic rings. The Labute approximate surface area is 188 Å². The molecular formula is C20H20BrClN4O2S. The van der Waals surface area contributed by atoms with Crippen LogP contribution >= 0.6 is 39.7 Å². The van der Waals surface area contributed by atoms with Crippen molar-refractivity contribution in [2.24, 2.45) is 0 Å². The number of benzene rings is 2. The van der Waals surface area contributed by atoms with Gasteiger partial charge in [-0.15, -0.1) is 0 Å². The minimum atomic E-state index is -0.303. The van der Waals surface area contributed by atoms with Crippen molar-refractivity contribution < 1.29 is 9.59 Å². The van der Waals surface area contributed by atoms with E-state index in [2.05, 4.69) is 31.5 Å². The predicted octanol–water partition coefficient (Wildman–Crippen LogP) is 3.90. The van der Waals surface area contributed by atoms with Gasteiger partial charge in [-0.3, -0.25) is 14.9 Å². The molecule has 0 bridgehead atoms. The van der Waals surface area contributed by atoms with Gasteiger partial charge >= 0.3 is 0 Å². The van der Waals surface area contributed by atoms with E-state index in [9.17, 15) is 9.59 Å². The highest BCUT2D eigenvalue weighted by atomic mass is 79.9. The van der Waals surface area contributed by atoms with E-state index in [1.54, 1.807) is 25.1 Å². The second-order valence-electron chi connectivity index (χ2n) is 6.55. The standard InChI is InChI=1S/C20H20BrClN4O2S/c1-13(27)25-8-10-26(11-9-25)18-16(22)6-3-7-17(18)23-20(29)24-19(28)14-4-2-5-15(21)12-14/h2-7,12H,8-11H2,1H3,(H2,23,24,28,29). The Morgan fingerprint density at radius 1 is 1.10 bits per heavy atom. The molecule has 6 nitrogen and oxygen atoms in total. The summed E-state index contributed by atoms with van der Waals surface area (Å²) in [5.41, 5.74) is 2.00. The quantitative estimate of drug-likeness (QED) is 0.633. The average Bonchev–Trinajstić information content (AvgIpc) is 2.68. The van der Waals surface area contributed by atoms with E-state index in [0.29, 0.717) is 42.5 Å². The molecule has 0 radical (unpaired) electrons. The summed E-state index contributed by atoms with van der Waals surface area (Å²) < 4.78 is 0.811. The number of piperazine rings is 1. The van der Waals surface area contributed by atoms with Crippen LogP contribution in [0.15, 0.2) is 46.9 Å². The monoisotopic (exact) mass is 494 g/mol. The fourth-order valence-corrected chi connectivity index (χ4v) is 4.04. The van der Waals surface area contributed by atoms with Gasteiger partial charge in [0.05, 0.1) is 16.4 Å². The van der Waals surface area contributed by atoms with Crippen molar-refractivity contribution in [3.8, 4) is 0 Å². The van der Waals surface area contributed by atoms with Gasteiger partial charge in [-0.25, -0.2) is 0 Å². The topological polar surface area (TPSA) is 64.7 Å². The Balaban J connectivity index is 1.71. The number of carbonyl (C=O) groups is 2. The molecule has 1 heterocycles. The molecule has 29 heavy (non-hydrogen) atoms. The van der Waals surface area contributed by atoms with Gasteiger partial charge in [-0.2, -0.15) is 0 Å². The molecule has 2 N–H and O–H groups in total. The van der Waals surface area contributed by atoms with Crippen molar-refractivity contribution in [1.29, 1.82) is 0 Å². The summed E-state index contributed by atoms with van der Waals surface area (Å²) >= 11 is 15.2. The fourth-order valence-electron chi connectivity index (χ4n) is 3.14. The van der Waals surface area contributed by atoms with E-state index >= 15 is 0 Å². The van der Waals surface area contributed by atoms with Gasteiger partial charge in [0.25, 0.3) is 5.91 Å². The van der Waals surface area contributed by atoms with Gasteiger partial charge < -0.3 is 15.1 Å². The lowest BCUT2D eigenvalue weighted by molar-refractivity contribution is -0.129. The van der Waals surface area contributed by atoms with E-state index in [1.807, 2.05) is 29.2 Å². The molecule has 2 aromatic carbocycles. The lowest BCUT2D eigenvalue weighted by atomic mass is 10.2. The van der Waals surface area contributed by atoms with Crippen molar-refractivity contribution in [3.63, 3.8) is 0 Å². The van der Waals surface area contributed by atoms with Crippen LogP contribution in [-0.4, -0.2) is 48.0 Å². The van der Waals surface area contributed by atoms with Gasteiger partial charge in [0, 0.05) is 43.1 Å². The molecule has 0 saturated carbocycles. The molecule has 1 aliphatic heterocycles. The van der Waals surface area contributed by atoms with E-state index in [1.165, 1.54) is 0 Å². The second kappa shape index (κ2) is 9.56. The number of nitrogens with one attached hydrogen (secondary N) is 2. The predicted molar refractivity (Wildman–Crippen MR) is 124 cm³/mol. The van der Waals surface area contributed by atoms with Gasteiger partial charge in [-0.1, -0.05) is 39.7 Å². The maximum Gasteiger partial charge on any atom is 0.257 e. The summed E-state index contributed by atoms with van der Waals surface area (Å²) in [7, 11) is 0. The lowest BCUT2D eigenvalue weighted by Gasteiger charge is -2.37. The number of rotatable bonds is 3. The highest BCUT2D eigenvalue weighted by Gasteiger charge is 2.23. The van der Waals surface area contributed by atoms with Crippen LogP contribution in [-0.2, 0) is 4.79 Å². The third kappa shape index (κ3) is 5.46. The minimum absolute atomic E-state index is 0.0681. The number of para-hydroxylation sites is 1. The van der Waals surface area contributed by atoms with Crippen LogP contribution in [0, 0.1) is 0 Å². The van der Waals surface area contributed by atoms with Crippen LogP contribution in [0.25, 0.3) is 0 Å². The zero-order valence-corrected chi connectivity index (χ0v) is 18.9. The average molecular weight is 496 g/mol. The summed E-state index contributed by atoms with van der Waals surface area (Å²) in [6.45, 7) is 4.16. The largest absolute Gasteiger partial charge is 0.365 e. The third-order valence-electron chi connectivity index (χ3n) is 4.59. The number of nitrogens with zero attached hydrogens (tertiary/aromatic N) is 2. The highest BCUT2D eigenvalue weighted by Crippen LogP contribution is 2.34. The first-order valence-corrected chi connectivity index (χ1v) is 10.6. The van der Waals surface area contributed by atoms with Crippen molar-refractivity contribution in [1.82, 2.24) is 10.2 Å². The fraction of sp³-hybridized carbons (Fsp3) is 0.250. The number of carbonyl (C=O) groups excluding carboxylic acids is 2. The first-order chi connectivity index (χ1) is 13.8. The van der Waals surface area contributed by atoms with Gasteiger partial charge in [0.15, 0.2) is 5.11 Å². The number of hydrogen-bond acceptors (Lipinski definition) is 4. The van der Waals surface area contributed by atoms with Crippen molar-refractivity contribution >= 4 is 68.1 Å². The molecular weight excluding hydrogens is 476 g/mol. The molecule has 0 aromatic heterocycles. The molecule has 2 aromatic rings. The van der Waals surface area contributed by atoms with E-state index in [0.717, 1.165) is 10.2 Å². The molecule has 152 valence electrons. The Hall–Kier alpha value is -2.16. The third-order valence-corrected chi connectivity index (χ3v) is 5.59. The van der Waals surface area contributed by atoms with Crippen molar-refractivity contribution in [2.45, 2.75) is 6.92 Å². The summed E-state index contributed by atoms with van der Waals surface area (Å²) in [5.74, 6) is -0.235. The van der Waals surface area contributed by atoms with Crippen molar-refractivity contribution in [3.05, 3.63) is 57.5 Å². The number of hydrogen-bond donors (Lipinski definition) is 2. The zero-order chi connectivity index (χ0) is 21.0. The smallest absolute Gasteiger partial charge is 0.257 e. The normalized spacial score (nSPS) is 13.8. The molecule has 0 atom stereocenters. The Morgan fingerprint density at radius 3 is 2.45 bits per heavy atom. The molecule has 0 aliphatic carbocycles. The van der Waals surface area contributed by atoms with Crippen LogP contribution in [0.4, 0.5) is 11.4 Å². The molecule has 0 spiro atoms. The number of anilines is 2. The van der Waals surface area contributed by atoms with E-state index in [4.69, 9.17) is 23.8 Å². The maximum atomic E-state index is 12.4. The first kappa shape index (κ1) is 21.5. The Bertz CT molecular complexity index is 948. The van der Waals surface area contributed by atoms with Gasteiger partial charge in [-0.05, 0) is 42.5 Å². The van der Waals surface area contributed by atoms with Crippen LogP contribution in [0.5, 0.6) is 0 Å². The highest BCUT2D eigenvalue weighted by molar-refractivity contribution is 9.10. The maximum absolute atomic E-state index is 12.4. The van der Waals surface area contributed by atoms with Crippen LogP contribution in [0.1, 0.15) is 17.3 Å². The number of halogens is 2. The van der Waals surface area contributed by atoms with E-state index in [-0.39, 0.29) is 16.9 Å². The summed E-state index contributed by atoms with van der Waals surface area (Å²) in [6.07, 6.45) is 0. The molecule has 3 rings (SSSR count). The Morgan fingerprint density at radius 2 is 1.79 bits per heavy atom. The molecule has 1 fully saturated rings. The minimum Gasteiger partial charge on any atom is -0.365 e. The Kier molecular flexibility index (Phi) is 7.10. The lowest BCUT2D eigenvalue weighted by Crippen LogP contribution is -2.48.